The summed E-state index contributed by atoms with van der Waals surface area (Å²) < 4.78 is -1.23. The smallest absolute Gasteiger partial charge is 0.231 e. The van der Waals surface area contributed by atoms with Crippen LogP contribution in [0, 0.1) is 5.92 Å². The van der Waals surface area contributed by atoms with Crippen LogP contribution in [0.3, 0.4) is 0 Å². The van der Waals surface area contributed by atoms with Crippen LogP contribution in [0.1, 0.15) is 17.0 Å². The van der Waals surface area contributed by atoms with Crippen molar-refractivity contribution in [2.75, 3.05) is 17.7 Å². The van der Waals surface area contributed by atoms with Crippen molar-refractivity contribution in [1.82, 2.24) is 5.32 Å². The van der Waals surface area contributed by atoms with Gasteiger partial charge in [-0.1, -0.05) is 34.8 Å². The van der Waals surface area contributed by atoms with Gasteiger partial charge in [-0.25, -0.2) is 0 Å². The number of carbonyl (C=O) groups is 1. The summed E-state index contributed by atoms with van der Waals surface area (Å²) in [5.41, 5.74) is 2.18. The van der Waals surface area contributed by atoms with Crippen LogP contribution in [0.2, 0.25) is 15.1 Å². The molecule has 0 aromatic heterocycles. The van der Waals surface area contributed by atoms with E-state index < -0.39 is 16.2 Å². The van der Waals surface area contributed by atoms with Gasteiger partial charge in [-0.2, -0.15) is 0 Å². The molecule has 2 N–H and O–H groups in total. The topological polar surface area (TPSA) is 41.1 Å². The maximum absolute atomic E-state index is 12.8. The van der Waals surface area contributed by atoms with Crippen LogP contribution in [-0.2, 0) is 11.3 Å². The van der Waals surface area contributed by atoms with E-state index in [1.807, 2.05) is 0 Å². The molecule has 0 saturated heterocycles. The van der Waals surface area contributed by atoms with E-state index in [1.165, 1.54) is 0 Å². The summed E-state index contributed by atoms with van der Waals surface area (Å²) in [6.45, 7) is 1.19. The fourth-order valence-corrected chi connectivity index (χ4v) is 4.81. The molecule has 1 saturated carbocycles. The van der Waals surface area contributed by atoms with Gasteiger partial charge in [-0.05, 0) is 47.5 Å². The maximum Gasteiger partial charge on any atom is 0.231 e. The van der Waals surface area contributed by atoms with Crippen molar-refractivity contribution in [3.8, 4) is 0 Å². The number of nitrogens with one attached hydrogen (secondary N) is 2. The lowest BCUT2D eigenvalue weighted by Crippen LogP contribution is -2.18. The number of alkyl halides is 3. The van der Waals surface area contributed by atoms with E-state index in [0.29, 0.717) is 39.7 Å². The third-order valence-corrected chi connectivity index (χ3v) is 6.41. The highest BCUT2D eigenvalue weighted by Crippen LogP contribution is 2.65. The number of carbonyl (C=O) groups excluding carboxylic acids is 1. The minimum atomic E-state index is -1.23. The molecule has 2 aromatic rings. The van der Waals surface area contributed by atoms with Crippen LogP contribution in [0.25, 0.3) is 0 Å². The van der Waals surface area contributed by atoms with Crippen molar-refractivity contribution < 1.29 is 4.79 Å². The van der Waals surface area contributed by atoms with E-state index in [0.717, 1.165) is 11.1 Å². The Hall–Kier alpha value is -0.390. The molecular weight excluding hydrogens is 485 g/mol. The van der Waals surface area contributed by atoms with Crippen molar-refractivity contribution in [2.24, 2.45) is 5.92 Å². The first kappa shape index (κ1) is 22.3. The molecule has 0 spiro atoms. The highest BCUT2D eigenvalue weighted by Gasteiger charge is 2.67. The van der Waals surface area contributed by atoms with Crippen LogP contribution in [0.5, 0.6) is 0 Å². The summed E-state index contributed by atoms with van der Waals surface area (Å²) in [6.07, 6.45) is 0. The normalized spacial score (nSPS) is 20.1. The third kappa shape index (κ3) is 5.02. The lowest BCUT2D eigenvalue weighted by molar-refractivity contribution is -0.117. The molecule has 1 aliphatic carbocycles. The summed E-state index contributed by atoms with van der Waals surface area (Å²) in [5.74, 6) is -0.811. The molecule has 150 valence electrons. The fourth-order valence-electron chi connectivity index (χ4n) is 3.12. The number of hydrogen-bond acceptors (Lipinski definition) is 2. The Morgan fingerprint density at radius 1 is 1.04 bits per heavy atom. The van der Waals surface area contributed by atoms with Gasteiger partial charge in [0.25, 0.3) is 0 Å². The average molecular weight is 501 g/mol. The third-order valence-electron chi connectivity index (χ3n) is 4.48. The first-order valence-corrected chi connectivity index (χ1v) is 10.9. The fraction of sp³-hybridized carbons (Fsp3) is 0.316. The van der Waals surface area contributed by atoms with Crippen molar-refractivity contribution in [2.45, 2.75) is 16.8 Å². The standard InChI is InChI=1S/C19H16Cl6N2O/c20-3-4-26-9-11-7-14(1-2-15(11)23)27-18(28)17-16(19(17,24)25)10-5-12(21)8-13(22)6-10/h1-2,5-8,16-17,26H,3-4,9H2,(H,27,28). The lowest BCUT2D eigenvalue weighted by Gasteiger charge is -2.10. The number of halogens is 6. The van der Waals surface area contributed by atoms with E-state index >= 15 is 0 Å². The average Bonchev–Trinajstić information content (AvgIpc) is 3.19. The second-order valence-corrected chi connectivity index (χ2v) is 9.60. The molecule has 1 aliphatic rings. The Bertz CT molecular complexity index is 868. The van der Waals surface area contributed by atoms with Gasteiger partial charge in [-0.3, -0.25) is 4.79 Å². The summed E-state index contributed by atoms with van der Waals surface area (Å²) in [4.78, 5) is 12.8. The van der Waals surface area contributed by atoms with E-state index in [-0.39, 0.29) is 5.91 Å². The predicted molar refractivity (Wildman–Crippen MR) is 120 cm³/mol. The highest BCUT2D eigenvalue weighted by molar-refractivity contribution is 6.53. The molecule has 1 amide bonds. The zero-order chi connectivity index (χ0) is 20.5. The quantitative estimate of drug-likeness (QED) is 0.336. The number of benzene rings is 2. The molecular formula is C19H16Cl6N2O. The SMILES string of the molecule is O=C(Nc1ccc(Cl)c(CNCCCl)c1)C1C(c2cc(Cl)cc(Cl)c2)C1(Cl)Cl. The summed E-state index contributed by atoms with van der Waals surface area (Å²) in [7, 11) is 0. The Balaban J connectivity index is 1.73. The van der Waals surface area contributed by atoms with Gasteiger partial charge in [0.1, 0.15) is 4.33 Å². The molecule has 2 unspecified atom stereocenters. The van der Waals surface area contributed by atoms with E-state index in [4.69, 9.17) is 69.6 Å². The molecule has 1 fully saturated rings. The monoisotopic (exact) mass is 498 g/mol. The van der Waals surface area contributed by atoms with Crippen molar-refractivity contribution in [3.63, 3.8) is 0 Å². The second kappa shape index (κ2) is 9.18. The van der Waals surface area contributed by atoms with Gasteiger partial charge in [-0.15, -0.1) is 34.8 Å². The van der Waals surface area contributed by atoms with Crippen molar-refractivity contribution >= 4 is 81.2 Å². The summed E-state index contributed by atoms with van der Waals surface area (Å²) in [5, 5.41) is 7.55. The molecule has 2 aromatic carbocycles. The van der Waals surface area contributed by atoms with Crippen LogP contribution in [0.15, 0.2) is 36.4 Å². The molecule has 2 atom stereocenters. The molecule has 3 nitrogen and oxygen atoms in total. The number of amides is 1. The van der Waals surface area contributed by atoms with Gasteiger partial charge in [0.2, 0.25) is 5.91 Å². The van der Waals surface area contributed by atoms with Gasteiger partial charge < -0.3 is 10.6 Å². The minimum absolute atomic E-state index is 0.284. The number of hydrogen-bond donors (Lipinski definition) is 2. The molecule has 0 radical (unpaired) electrons. The summed E-state index contributed by atoms with van der Waals surface area (Å²) in [6, 6.07) is 10.3. The second-order valence-electron chi connectivity index (χ2n) is 6.49. The van der Waals surface area contributed by atoms with Crippen molar-refractivity contribution in [1.29, 1.82) is 0 Å². The molecule has 28 heavy (non-hydrogen) atoms. The Kier molecular flexibility index (Phi) is 7.31. The molecule has 9 heteroatoms. The first-order chi connectivity index (χ1) is 13.2. The van der Waals surface area contributed by atoms with Crippen LogP contribution in [-0.4, -0.2) is 22.7 Å². The van der Waals surface area contributed by atoms with Crippen LogP contribution >= 0.6 is 69.6 Å². The van der Waals surface area contributed by atoms with Gasteiger partial charge >= 0.3 is 0 Å². The Labute approximate surface area is 193 Å². The lowest BCUT2D eigenvalue weighted by atomic mass is 10.1. The Morgan fingerprint density at radius 2 is 1.71 bits per heavy atom. The van der Waals surface area contributed by atoms with E-state index in [1.54, 1.807) is 36.4 Å². The largest absolute Gasteiger partial charge is 0.326 e. The zero-order valence-corrected chi connectivity index (χ0v) is 19.0. The van der Waals surface area contributed by atoms with E-state index in [9.17, 15) is 4.79 Å². The van der Waals surface area contributed by atoms with Gasteiger partial charge in [0.15, 0.2) is 0 Å². The predicted octanol–water partition coefficient (Wildman–Crippen LogP) is 6.50. The van der Waals surface area contributed by atoms with Crippen LogP contribution in [0.4, 0.5) is 5.69 Å². The van der Waals surface area contributed by atoms with Gasteiger partial charge in [0, 0.05) is 45.6 Å². The molecule has 3 rings (SSSR count). The maximum atomic E-state index is 12.8. The van der Waals surface area contributed by atoms with E-state index in [2.05, 4.69) is 10.6 Å². The summed E-state index contributed by atoms with van der Waals surface area (Å²) >= 11 is 36.8. The first-order valence-electron chi connectivity index (χ1n) is 8.44. The number of rotatable bonds is 7. The highest BCUT2D eigenvalue weighted by atomic mass is 35.5. The number of anilines is 1. The Morgan fingerprint density at radius 3 is 2.36 bits per heavy atom. The zero-order valence-electron chi connectivity index (χ0n) is 14.4. The minimum Gasteiger partial charge on any atom is -0.326 e. The van der Waals surface area contributed by atoms with Gasteiger partial charge in [0.05, 0.1) is 5.92 Å². The molecule has 0 heterocycles. The molecule has 0 aliphatic heterocycles. The van der Waals surface area contributed by atoms with Crippen LogP contribution < -0.4 is 10.6 Å². The molecule has 0 bridgehead atoms. The van der Waals surface area contributed by atoms with Crippen molar-refractivity contribution in [3.05, 3.63) is 62.6 Å².